The van der Waals surface area contributed by atoms with Gasteiger partial charge in [0.15, 0.2) is 0 Å². The van der Waals surface area contributed by atoms with Crippen molar-refractivity contribution in [2.24, 2.45) is 0 Å². The first kappa shape index (κ1) is 15.5. The number of H-pyrrole nitrogens is 1. The zero-order chi connectivity index (χ0) is 16.1. The quantitative estimate of drug-likeness (QED) is 0.794. The summed E-state index contributed by atoms with van der Waals surface area (Å²) in [4.78, 5) is 25.0. The Hall–Kier alpha value is -2.41. The number of aryl methyl sites for hydroxylation is 1. The van der Waals surface area contributed by atoms with Gasteiger partial charge in [-0.1, -0.05) is 35.0 Å². The topological polar surface area (TPSA) is 79.4 Å². The van der Waals surface area contributed by atoms with Gasteiger partial charge in [0.05, 0.1) is 12.7 Å². The number of morpholine rings is 1. The molecule has 7 heteroatoms. The number of nitrogens with zero attached hydrogens (tertiary/aromatic N) is 2. The molecule has 122 valence electrons. The fourth-order valence-corrected chi connectivity index (χ4v) is 2.70. The Morgan fingerprint density at radius 2 is 2.17 bits per heavy atom. The lowest BCUT2D eigenvalue weighted by Gasteiger charge is -2.32. The van der Waals surface area contributed by atoms with E-state index < -0.39 is 5.63 Å². The highest BCUT2D eigenvalue weighted by Crippen LogP contribution is 2.12. The fraction of sp³-hybridized carbons (Fsp3) is 0.438. The van der Waals surface area contributed by atoms with Crippen LogP contribution in [-0.2, 0) is 22.5 Å². The first-order valence-corrected chi connectivity index (χ1v) is 7.72. The SMILES string of the molecule is O=C(C[n+]1cc(=O)o[nH]1)N1CCOC(CCc2ccccc2)C1. The number of carbonyl (C=O) groups excluding carboxylic acids is 1. The number of ether oxygens (including phenoxy) is 1. The molecule has 2 heterocycles. The standard InChI is InChI=1S/C16H19N3O4/c20-15(11-19-12-16(21)23-17-19)18-8-9-22-14(10-18)7-6-13-4-2-1-3-5-13/h1-5,12,14H,6-11H2/p+1. The molecule has 1 fully saturated rings. The molecule has 1 aliphatic rings. The van der Waals surface area contributed by atoms with Crippen molar-refractivity contribution >= 4 is 5.91 Å². The van der Waals surface area contributed by atoms with Crippen LogP contribution in [0.4, 0.5) is 0 Å². The van der Waals surface area contributed by atoms with Crippen molar-refractivity contribution in [1.29, 1.82) is 0 Å². The number of aromatic amines is 1. The van der Waals surface area contributed by atoms with Gasteiger partial charge in [0.25, 0.3) is 18.6 Å². The van der Waals surface area contributed by atoms with Crippen molar-refractivity contribution in [1.82, 2.24) is 10.2 Å². The fourth-order valence-electron chi connectivity index (χ4n) is 2.70. The van der Waals surface area contributed by atoms with Crippen LogP contribution in [0.25, 0.3) is 0 Å². The zero-order valence-corrected chi connectivity index (χ0v) is 12.8. The van der Waals surface area contributed by atoms with Crippen molar-refractivity contribution in [3.05, 3.63) is 52.5 Å². The third kappa shape index (κ3) is 4.29. The first-order chi connectivity index (χ1) is 11.2. The van der Waals surface area contributed by atoms with E-state index in [4.69, 9.17) is 4.74 Å². The summed E-state index contributed by atoms with van der Waals surface area (Å²) in [6, 6.07) is 10.2. The predicted molar refractivity (Wildman–Crippen MR) is 80.6 cm³/mol. The van der Waals surface area contributed by atoms with E-state index in [9.17, 15) is 9.59 Å². The van der Waals surface area contributed by atoms with Crippen molar-refractivity contribution < 1.29 is 18.7 Å². The van der Waals surface area contributed by atoms with Gasteiger partial charge in [-0.25, -0.2) is 4.79 Å². The molecule has 1 aromatic heterocycles. The molecule has 0 aliphatic carbocycles. The number of benzene rings is 1. The van der Waals surface area contributed by atoms with Gasteiger partial charge < -0.3 is 9.64 Å². The van der Waals surface area contributed by atoms with Gasteiger partial charge in [0, 0.05) is 13.1 Å². The van der Waals surface area contributed by atoms with Crippen molar-refractivity contribution in [2.45, 2.75) is 25.5 Å². The lowest BCUT2D eigenvalue weighted by atomic mass is 10.1. The van der Waals surface area contributed by atoms with E-state index in [0.29, 0.717) is 19.7 Å². The molecule has 7 nitrogen and oxygen atoms in total. The highest BCUT2D eigenvalue weighted by Gasteiger charge is 2.26. The minimum atomic E-state index is -0.500. The van der Waals surface area contributed by atoms with Crippen molar-refractivity contribution in [3.63, 3.8) is 0 Å². The minimum absolute atomic E-state index is 0.0429. The van der Waals surface area contributed by atoms with Crippen LogP contribution in [0.3, 0.4) is 0 Å². The second kappa shape index (κ2) is 7.23. The van der Waals surface area contributed by atoms with Crippen LogP contribution in [0.1, 0.15) is 12.0 Å². The zero-order valence-electron chi connectivity index (χ0n) is 12.8. The molecule has 0 saturated carbocycles. The van der Waals surface area contributed by atoms with Gasteiger partial charge in [0.2, 0.25) is 0 Å². The van der Waals surface area contributed by atoms with Gasteiger partial charge in [-0.05, 0) is 23.7 Å². The predicted octanol–water partition coefficient (Wildman–Crippen LogP) is 0.116. The highest BCUT2D eigenvalue weighted by molar-refractivity contribution is 5.74. The summed E-state index contributed by atoms with van der Waals surface area (Å²) in [6.45, 7) is 1.76. The summed E-state index contributed by atoms with van der Waals surface area (Å²) < 4.78 is 11.7. The maximum absolute atomic E-state index is 12.3. The summed E-state index contributed by atoms with van der Waals surface area (Å²) in [7, 11) is 0. The van der Waals surface area contributed by atoms with Gasteiger partial charge >= 0.3 is 5.63 Å². The summed E-state index contributed by atoms with van der Waals surface area (Å²) >= 11 is 0. The second-order valence-electron chi connectivity index (χ2n) is 5.63. The normalized spacial score (nSPS) is 18.1. The summed E-state index contributed by atoms with van der Waals surface area (Å²) in [6.07, 6.45) is 3.08. The molecule has 0 bridgehead atoms. The number of hydrogen-bond acceptors (Lipinski definition) is 4. The van der Waals surface area contributed by atoms with Crippen molar-refractivity contribution in [3.8, 4) is 0 Å². The van der Waals surface area contributed by atoms with E-state index in [1.807, 2.05) is 18.2 Å². The van der Waals surface area contributed by atoms with Crippen LogP contribution in [0, 0.1) is 0 Å². The van der Waals surface area contributed by atoms with Gasteiger partial charge in [-0.3, -0.25) is 9.32 Å². The summed E-state index contributed by atoms with van der Waals surface area (Å²) in [5, 5.41) is 2.38. The largest absolute Gasteiger partial charge is 0.426 e. The molecule has 1 N–H and O–H groups in total. The molecule has 23 heavy (non-hydrogen) atoms. The minimum Gasteiger partial charge on any atom is -0.375 e. The molecule has 0 spiro atoms. The lowest BCUT2D eigenvalue weighted by Crippen LogP contribution is -2.51. The summed E-state index contributed by atoms with van der Waals surface area (Å²) in [5.41, 5.74) is 0.770. The molecular weight excluding hydrogens is 298 g/mol. The Morgan fingerprint density at radius 3 is 2.91 bits per heavy atom. The molecule has 1 atom stereocenters. The maximum Gasteiger partial charge on any atom is 0.426 e. The number of carbonyl (C=O) groups is 1. The Bertz CT molecular complexity index is 695. The van der Waals surface area contributed by atoms with Gasteiger partial charge in [-0.2, -0.15) is 0 Å². The Labute approximate surface area is 133 Å². The van der Waals surface area contributed by atoms with Gasteiger partial charge in [-0.15, -0.1) is 0 Å². The van der Waals surface area contributed by atoms with E-state index in [-0.39, 0.29) is 18.6 Å². The lowest BCUT2D eigenvalue weighted by molar-refractivity contribution is -0.751. The monoisotopic (exact) mass is 318 g/mol. The van der Waals surface area contributed by atoms with Crippen molar-refractivity contribution in [2.75, 3.05) is 19.7 Å². The van der Waals surface area contributed by atoms with Crippen LogP contribution in [0.15, 0.2) is 45.8 Å². The van der Waals surface area contributed by atoms with Crippen LogP contribution < -0.4 is 10.3 Å². The molecule has 0 radical (unpaired) electrons. The molecule has 1 unspecified atom stereocenters. The Balaban J connectivity index is 1.51. The number of aromatic nitrogens is 2. The number of nitrogens with one attached hydrogen (secondary N) is 1. The molecule has 1 aliphatic heterocycles. The maximum atomic E-state index is 12.3. The second-order valence-corrected chi connectivity index (χ2v) is 5.63. The van der Waals surface area contributed by atoms with Crippen LogP contribution >= 0.6 is 0 Å². The average Bonchev–Trinajstić information content (AvgIpc) is 2.99. The van der Waals surface area contributed by atoms with Crippen LogP contribution in [-0.4, -0.2) is 41.9 Å². The van der Waals surface area contributed by atoms with E-state index in [1.54, 1.807) is 4.90 Å². The smallest absolute Gasteiger partial charge is 0.375 e. The Morgan fingerprint density at radius 1 is 1.35 bits per heavy atom. The number of hydrogen-bond donors (Lipinski definition) is 1. The molecule has 3 rings (SSSR count). The number of rotatable bonds is 5. The molecular formula is C16H20N3O4+. The molecule has 2 aromatic rings. The van der Waals surface area contributed by atoms with E-state index in [1.165, 1.54) is 16.4 Å². The first-order valence-electron chi connectivity index (χ1n) is 7.72. The summed E-state index contributed by atoms with van der Waals surface area (Å²) in [5.74, 6) is -0.0555. The highest BCUT2D eigenvalue weighted by atomic mass is 16.5. The average molecular weight is 318 g/mol. The van der Waals surface area contributed by atoms with E-state index in [0.717, 1.165) is 12.8 Å². The van der Waals surface area contributed by atoms with E-state index >= 15 is 0 Å². The Kier molecular flexibility index (Phi) is 4.87. The molecule has 1 saturated heterocycles. The molecule has 1 amide bonds. The van der Waals surface area contributed by atoms with Crippen LogP contribution in [0.2, 0.25) is 0 Å². The van der Waals surface area contributed by atoms with Crippen LogP contribution in [0.5, 0.6) is 0 Å². The van der Waals surface area contributed by atoms with Gasteiger partial charge in [0.1, 0.15) is 0 Å². The van der Waals surface area contributed by atoms with E-state index in [2.05, 4.69) is 21.9 Å². The third-order valence-electron chi connectivity index (χ3n) is 3.92. The molecule has 1 aromatic carbocycles. The third-order valence-corrected chi connectivity index (χ3v) is 3.92. The number of amides is 1.